The minimum absolute atomic E-state index is 0.199. The second-order valence-corrected chi connectivity index (χ2v) is 4.60. The van der Waals surface area contributed by atoms with Gasteiger partial charge < -0.3 is 9.84 Å². The lowest BCUT2D eigenvalue weighted by Crippen LogP contribution is -2.11. The predicted octanol–water partition coefficient (Wildman–Crippen LogP) is 2.96. The molecule has 0 bridgehead atoms. The van der Waals surface area contributed by atoms with Gasteiger partial charge in [-0.2, -0.15) is 0 Å². The maximum atomic E-state index is 9.69. The summed E-state index contributed by atoms with van der Waals surface area (Å²) in [7, 11) is 0. The number of fused-ring (bicyclic) bond motifs is 3. The van der Waals surface area contributed by atoms with Crippen molar-refractivity contribution in [1.29, 1.82) is 0 Å². The van der Waals surface area contributed by atoms with Crippen LogP contribution in [0.4, 0.5) is 0 Å². The van der Waals surface area contributed by atoms with Crippen molar-refractivity contribution in [2.24, 2.45) is 0 Å². The van der Waals surface area contributed by atoms with Crippen molar-refractivity contribution in [3.8, 4) is 11.5 Å². The molecule has 0 saturated carbocycles. The third-order valence-corrected chi connectivity index (χ3v) is 3.26. The fraction of sp³-hybridized carbons (Fsp3) is 0.273. The van der Waals surface area contributed by atoms with Gasteiger partial charge in [0.05, 0.1) is 0 Å². The highest BCUT2D eigenvalue weighted by Gasteiger charge is 2.36. The van der Waals surface area contributed by atoms with E-state index in [4.69, 9.17) is 4.74 Å². The van der Waals surface area contributed by atoms with Crippen LogP contribution in [0.25, 0.3) is 0 Å². The van der Waals surface area contributed by atoms with Crippen molar-refractivity contribution in [2.45, 2.75) is 18.4 Å². The lowest BCUT2D eigenvalue weighted by atomic mass is 9.98. The first-order chi connectivity index (χ1) is 6.75. The van der Waals surface area contributed by atoms with Crippen LogP contribution < -0.4 is 4.74 Å². The van der Waals surface area contributed by atoms with Crippen molar-refractivity contribution < 1.29 is 9.84 Å². The molecule has 0 spiro atoms. The Bertz CT molecular complexity index is 426. The van der Waals surface area contributed by atoms with Gasteiger partial charge in [-0.1, -0.05) is 28.1 Å². The number of hydrogen-bond donors (Lipinski definition) is 1. The van der Waals surface area contributed by atoms with Crippen molar-refractivity contribution in [3.63, 3.8) is 0 Å². The minimum atomic E-state index is 0.199. The summed E-state index contributed by atoms with van der Waals surface area (Å²) in [6, 6.07) is 3.69. The first kappa shape index (κ1) is 8.36. The van der Waals surface area contributed by atoms with Crippen LogP contribution in [0, 0.1) is 0 Å². The molecule has 3 heteroatoms. The van der Waals surface area contributed by atoms with E-state index < -0.39 is 0 Å². The number of benzene rings is 1. The Morgan fingerprint density at radius 1 is 1.43 bits per heavy atom. The smallest absolute Gasteiger partial charge is 0.165 e. The second kappa shape index (κ2) is 2.76. The molecule has 1 aromatic carbocycles. The molecular formula is C11H9BrO2. The summed E-state index contributed by atoms with van der Waals surface area (Å²) >= 11 is 3.37. The van der Waals surface area contributed by atoms with E-state index >= 15 is 0 Å². The quantitative estimate of drug-likeness (QED) is 0.720. The molecule has 0 unspecified atom stereocenters. The van der Waals surface area contributed by atoms with Gasteiger partial charge in [-0.3, -0.25) is 0 Å². The third kappa shape index (κ3) is 1.02. The molecule has 1 aliphatic heterocycles. The number of phenolic OH excluding ortho intramolecular Hbond substituents is 1. The van der Waals surface area contributed by atoms with Crippen LogP contribution in [-0.4, -0.2) is 11.2 Å². The molecule has 1 heterocycles. The Balaban J connectivity index is 2.19. The van der Waals surface area contributed by atoms with Crippen LogP contribution in [0.5, 0.6) is 11.5 Å². The van der Waals surface area contributed by atoms with Gasteiger partial charge >= 0.3 is 0 Å². The summed E-state index contributed by atoms with van der Waals surface area (Å²) in [5, 5.41) is 9.69. The Morgan fingerprint density at radius 3 is 3.14 bits per heavy atom. The first-order valence-corrected chi connectivity index (χ1v) is 5.41. The van der Waals surface area contributed by atoms with Crippen LogP contribution in [0.3, 0.4) is 0 Å². The molecule has 1 aromatic rings. The highest BCUT2D eigenvalue weighted by atomic mass is 79.9. The van der Waals surface area contributed by atoms with Crippen LogP contribution in [-0.2, 0) is 0 Å². The highest BCUT2D eigenvalue weighted by Crippen LogP contribution is 2.48. The van der Waals surface area contributed by atoms with Gasteiger partial charge in [0.15, 0.2) is 11.5 Å². The Kier molecular flexibility index (Phi) is 1.65. The van der Waals surface area contributed by atoms with Crippen molar-refractivity contribution in [2.75, 3.05) is 0 Å². The van der Waals surface area contributed by atoms with Gasteiger partial charge in [0, 0.05) is 22.4 Å². The van der Waals surface area contributed by atoms with Gasteiger partial charge in [0.2, 0.25) is 0 Å². The van der Waals surface area contributed by atoms with Crippen molar-refractivity contribution >= 4 is 15.9 Å². The van der Waals surface area contributed by atoms with E-state index in [1.165, 1.54) is 0 Å². The second-order valence-electron chi connectivity index (χ2n) is 3.69. The SMILES string of the molecule is Oc1cc(Br)cc2c1O[C@H]1CC=C[C@@H]21. The minimum Gasteiger partial charge on any atom is -0.504 e. The van der Waals surface area contributed by atoms with Crippen molar-refractivity contribution in [3.05, 3.63) is 34.3 Å². The van der Waals surface area contributed by atoms with Crippen LogP contribution in [0.1, 0.15) is 17.9 Å². The van der Waals surface area contributed by atoms with Crippen LogP contribution >= 0.6 is 15.9 Å². The largest absolute Gasteiger partial charge is 0.504 e. The average molecular weight is 253 g/mol. The fourth-order valence-electron chi connectivity index (χ4n) is 2.18. The Hall–Kier alpha value is -0.960. The van der Waals surface area contributed by atoms with E-state index in [0.29, 0.717) is 11.7 Å². The third-order valence-electron chi connectivity index (χ3n) is 2.80. The predicted molar refractivity (Wildman–Crippen MR) is 56.7 cm³/mol. The van der Waals surface area contributed by atoms with Gasteiger partial charge in [-0.15, -0.1) is 0 Å². The molecule has 0 amide bonds. The average Bonchev–Trinajstić information content (AvgIpc) is 2.65. The number of rotatable bonds is 0. The summed E-state index contributed by atoms with van der Waals surface area (Å²) in [4.78, 5) is 0. The Morgan fingerprint density at radius 2 is 2.29 bits per heavy atom. The van der Waals surface area contributed by atoms with Gasteiger partial charge in [0.25, 0.3) is 0 Å². The molecule has 0 fully saturated rings. The molecule has 14 heavy (non-hydrogen) atoms. The van der Waals surface area contributed by atoms with Gasteiger partial charge in [-0.05, 0) is 12.1 Å². The zero-order valence-electron chi connectivity index (χ0n) is 7.40. The summed E-state index contributed by atoms with van der Waals surface area (Å²) < 4.78 is 6.58. The number of hydrogen-bond acceptors (Lipinski definition) is 2. The molecule has 1 N–H and O–H groups in total. The topological polar surface area (TPSA) is 29.5 Å². The summed E-state index contributed by atoms with van der Waals surface area (Å²) in [5.41, 5.74) is 1.09. The van der Waals surface area contributed by atoms with E-state index in [1.807, 2.05) is 6.07 Å². The summed E-state index contributed by atoms with van der Waals surface area (Å²) in [6.07, 6.45) is 5.43. The lowest BCUT2D eigenvalue weighted by Gasteiger charge is -2.07. The van der Waals surface area contributed by atoms with E-state index in [-0.39, 0.29) is 11.9 Å². The lowest BCUT2D eigenvalue weighted by molar-refractivity contribution is 0.224. The molecule has 2 atom stereocenters. The molecular weight excluding hydrogens is 244 g/mol. The molecule has 0 radical (unpaired) electrons. The van der Waals surface area contributed by atoms with E-state index in [9.17, 15) is 5.11 Å². The number of phenols is 1. The summed E-state index contributed by atoms with van der Waals surface area (Å²) in [6.45, 7) is 0. The van der Waals surface area contributed by atoms with Gasteiger partial charge in [-0.25, -0.2) is 0 Å². The number of aromatic hydroxyl groups is 1. The summed E-state index contributed by atoms with van der Waals surface area (Å²) in [5.74, 6) is 1.22. The standard InChI is InChI=1S/C11H9BrO2/c12-6-4-8-7-2-1-3-10(7)14-11(8)9(13)5-6/h1-2,4-5,7,10,13H,3H2/t7-,10-/m0/s1. The zero-order chi connectivity index (χ0) is 9.71. The fourth-order valence-corrected chi connectivity index (χ4v) is 2.65. The number of ether oxygens (including phenoxy) is 1. The maximum Gasteiger partial charge on any atom is 0.165 e. The zero-order valence-corrected chi connectivity index (χ0v) is 8.99. The van der Waals surface area contributed by atoms with E-state index in [0.717, 1.165) is 16.5 Å². The van der Waals surface area contributed by atoms with Crippen LogP contribution in [0.2, 0.25) is 0 Å². The molecule has 72 valence electrons. The van der Waals surface area contributed by atoms with Gasteiger partial charge in [0.1, 0.15) is 6.10 Å². The monoisotopic (exact) mass is 252 g/mol. The molecule has 0 saturated heterocycles. The Labute approximate surface area is 90.3 Å². The molecule has 1 aliphatic carbocycles. The first-order valence-electron chi connectivity index (χ1n) is 4.61. The molecule has 3 rings (SSSR count). The number of halogens is 1. The van der Waals surface area contributed by atoms with E-state index in [1.54, 1.807) is 6.07 Å². The molecule has 0 aromatic heterocycles. The van der Waals surface area contributed by atoms with E-state index in [2.05, 4.69) is 28.1 Å². The highest BCUT2D eigenvalue weighted by molar-refractivity contribution is 9.10. The maximum absolute atomic E-state index is 9.69. The van der Waals surface area contributed by atoms with Crippen LogP contribution in [0.15, 0.2) is 28.8 Å². The molecule has 2 aliphatic rings. The van der Waals surface area contributed by atoms with Crippen molar-refractivity contribution in [1.82, 2.24) is 0 Å². The molecule has 2 nitrogen and oxygen atoms in total. The normalized spacial score (nSPS) is 27.2.